The number of aromatic hydroxyl groups is 1. The first-order valence-corrected chi connectivity index (χ1v) is 5.38. The highest BCUT2D eigenvalue weighted by atomic mass is 19.2. The molecule has 1 aromatic heterocycles. The van der Waals surface area contributed by atoms with Gasteiger partial charge in [-0.25, -0.2) is 9.37 Å². The third kappa shape index (κ3) is 2.52. The number of aromatic nitrogens is 1. The maximum absolute atomic E-state index is 13.5. The van der Waals surface area contributed by atoms with Crippen LogP contribution in [0.25, 0.3) is 0 Å². The lowest BCUT2D eigenvalue weighted by Gasteiger charge is -2.17. The number of amides is 1. The van der Waals surface area contributed by atoms with Crippen molar-refractivity contribution in [2.75, 3.05) is 11.9 Å². The summed E-state index contributed by atoms with van der Waals surface area (Å²) in [6.07, 6.45) is 1.02. The zero-order valence-corrected chi connectivity index (χ0v) is 9.97. The smallest absolute Gasteiger partial charge is 0.261 e. The molecule has 4 nitrogen and oxygen atoms in total. The molecule has 19 heavy (non-hydrogen) atoms. The fourth-order valence-electron chi connectivity index (χ4n) is 1.58. The van der Waals surface area contributed by atoms with Crippen LogP contribution < -0.4 is 4.90 Å². The van der Waals surface area contributed by atoms with Crippen molar-refractivity contribution in [3.8, 4) is 5.75 Å². The molecule has 0 bridgehead atoms. The van der Waals surface area contributed by atoms with Crippen LogP contribution in [-0.4, -0.2) is 23.0 Å². The Balaban J connectivity index is 2.36. The van der Waals surface area contributed by atoms with Crippen LogP contribution in [0.5, 0.6) is 5.75 Å². The molecular weight excluding hydrogens is 254 g/mol. The van der Waals surface area contributed by atoms with Crippen molar-refractivity contribution in [2.24, 2.45) is 0 Å². The Kier molecular flexibility index (Phi) is 3.41. The van der Waals surface area contributed by atoms with E-state index in [1.54, 1.807) is 6.07 Å². The summed E-state index contributed by atoms with van der Waals surface area (Å²) in [5.41, 5.74) is -0.0556. The number of rotatable bonds is 2. The number of phenolic OH excluding ortho intramolecular Hbond substituents is 1. The lowest BCUT2D eigenvalue weighted by Crippen LogP contribution is -2.27. The second-order valence-corrected chi connectivity index (χ2v) is 3.85. The Hall–Kier alpha value is -2.50. The minimum Gasteiger partial charge on any atom is -0.508 e. The molecular formula is C13H10F2N2O2. The predicted octanol–water partition coefficient (Wildman–Crippen LogP) is 2.34. The van der Waals surface area contributed by atoms with E-state index in [2.05, 4.69) is 4.98 Å². The second kappa shape index (κ2) is 5.01. The Morgan fingerprint density at radius 1 is 1.32 bits per heavy atom. The molecule has 0 fully saturated rings. The molecule has 6 heteroatoms. The molecule has 0 saturated heterocycles. The van der Waals surface area contributed by atoms with E-state index in [9.17, 15) is 18.7 Å². The first-order valence-electron chi connectivity index (χ1n) is 5.38. The van der Waals surface area contributed by atoms with Crippen molar-refractivity contribution in [3.05, 3.63) is 53.9 Å². The summed E-state index contributed by atoms with van der Waals surface area (Å²) in [5, 5.41) is 9.33. The molecule has 2 rings (SSSR count). The standard InChI is InChI=1S/C13H10F2N2O2/c1-17(8-3-2-4-9(18)7-8)13(19)10-5-6-16-12(15)11(10)14/h2-7,18H,1H3. The van der Waals surface area contributed by atoms with Gasteiger partial charge in [0.1, 0.15) is 5.75 Å². The van der Waals surface area contributed by atoms with Gasteiger partial charge in [-0.05, 0) is 18.2 Å². The number of pyridine rings is 1. The average Bonchev–Trinajstić information content (AvgIpc) is 2.40. The van der Waals surface area contributed by atoms with E-state index in [4.69, 9.17) is 0 Å². The number of carbonyl (C=O) groups is 1. The number of hydrogen-bond acceptors (Lipinski definition) is 3. The fraction of sp³-hybridized carbons (Fsp3) is 0.0769. The third-order valence-electron chi connectivity index (χ3n) is 2.60. The van der Waals surface area contributed by atoms with Crippen LogP contribution in [0.1, 0.15) is 10.4 Å². The van der Waals surface area contributed by atoms with Crippen molar-refractivity contribution in [3.63, 3.8) is 0 Å². The summed E-state index contributed by atoms with van der Waals surface area (Å²) < 4.78 is 26.4. The fourth-order valence-corrected chi connectivity index (χ4v) is 1.58. The second-order valence-electron chi connectivity index (χ2n) is 3.85. The van der Waals surface area contributed by atoms with Gasteiger partial charge in [-0.2, -0.15) is 4.39 Å². The number of anilines is 1. The van der Waals surface area contributed by atoms with Crippen LogP contribution in [-0.2, 0) is 0 Å². The number of nitrogens with zero attached hydrogens (tertiary/aromatic N) is 2. The van der Waals surface area contributed by atoms with Crippen LogP contribution in [0.3, 0.4) is 0 Å². The minimum atomic E-state index is -1.32. The molecule has 1 amide bonds. The summed E-state index contributed by atoms with van der Waals surface area (Å²) in [7, 11) is 1.40. The third-order valence-corrected chi connectivity index (χ3v) is 2.60. The van der Waals surface area contributed by atoms with Gasteiger partial charge in [-0.3, -0.25) is 4.79 Å². The van der Waals surface area contributed by atoms with Crippen LogP contribution in [0, 0.1) is 11.8 Å². The van der Waals surface area contributed by atoms with Gasteiger partial charge in [0.15, 0.2) is 5.82 Å². The Labute approximate surface area is 107 Å². The lowest BCUT2D eigenvalue weighted by atomic mass is 10.2. The van der Waals surface area contributed by atoms with Crippen LogP contribution in [0.4, 0.5) is 14.5 Å². The largest absolute Gasteiger partial charge is 0.508 e. The van der Waals surface area contributed by atoms with Gasteiger partial charge < -0.3 is 10.0 Å². The summed E-state index contributed by atoms with van der Waals surface area (Å²) in [6, 6.07) is 6.98. The summed E-state index contributed by atoms with van der Waals surface area (Å²) in [5.74, 6) is -3.38. The molecule has 0 atom stereocenters. The molecule has 1 aromatic carbocycles. The summed E-state index contributed by atoms with van der Waals surface area (Å²) in [4.78, 5) is 16.3. The maximum atomic E-state index is 13.5. The van der Waals surface area contributed by atoms with E-state index < -0.39 is 23.2 Å². The van der Waals surface area contributed by atoms with E-state index in [1.165, 1.54) is 25.2 Å². The van der Waals surface area contributed by atoms with Gasteiger partial charge >= 0.3 is 0 Å². The van der Waals surface area contributed by atoms with Crippen molar-refractivity contribution >= 4 is 11.6 Å². The highest BCUT2D eigenvalue weighted by Crippen LogP contribution is 2.21. The van der Waals surface area contributed by atoms with Crippen LogP contribution in [0.15, 0.2) is 36.5 Å². The molecule has 1 N–H and O–H groups in total. The number of benzene rings is 1. The lowest BCUT2D eigenvalue weighted by molar-refractivity contribution is 0.0987. The van der Waals surface area contributed by atoms with E-state index in [-0.39, 0.29) is 5.75 Å². The normalized spacial score (nSPS) is 10.3. The van der Waals surface area contributed by atoms with Crippen molar-refractivity contribution < 1.29 is 18.7 Å². The molecule has 0 spiro atoms. The van der Waals surface area contributed by atoms with E-state index in [1.807, 2.05) is 0 Å². The van der Waals surface area contributed by atoms with Gasteiger partial charge in [0.2, 0.25) is 5.95 Å². The highest BCUT2D eigenvalue weighted by molar-refractivity contribution is 6.05. The maximum Gasteiger partial charge on any atom is 0.261 e. The molecule has 1 heterocycles. The zero-order valence-electron chi connectivity index (χ0n) is 9.97. The molecule has 0 aliphatic carbocycles. The van der Waals surface area contributed by atoms with E-state index in [0.717, 1.165) is 17.2 Å². The van der Waals surface area contributed by atoms with Gasteiger partial charge in [0.05, 0.1) is 5.56 Å². The number of halogens is 2. The van der Waals surface area contributed by atoms with Crippen molar-refractivity contribution in [2.45, 2.75) is 0 Å². The molecule has 0 aliphatic rings. The quantitative estimate of drug-likeness (QED) is 0.847. The van der Waals surface area contributed by atoms with Crippen LogP contribution in [0.2, 0.25) is 0 Å². The van der Waals surface area contributed by atoms with Gasteiger partial charge in [-0.1, -0.05) is 6.07 Å². The molecule has 0 saturated carbocycles. The van der Waals surface area contributed by atoms with Gasteiger partial charge in [0.25, 0.3) is 5.91 Å². The van der Waals surface area contributed by atoms with E-state index >= 15 is 0 Å². The van der Waals surface area contributed by atoms with E-state index in [0.29, 0.717) is 5.69 Å². The van der Waals surface area contributed by atoms with Gasteiger partial charge in [-0.15, -0.1) is 0 Å². The number of carbonyl (C=O) groups excluding carboxylic acids is 1. The monoisotopic (exact) mass is 264 g/mol. The van der Waals surface area contributed by atoms with Crippen molar-refractivity contribution in [1.82, 2.24) is 4.98 Å². The number of hydrogen-bond donors (Lipinski definition) is 1. The molecule has 0 unspecified atom stereocenters. The average molecular weight is 264 g/mol. The SMILES string of the molecule is CN(C(=O)c1ccnc(F)c1F)c1cccc(O)c1. The minimum absolute atomic E-state index is 0.0291. The summed E-state index contributed by atoms with van der Waals surface area (Å²) >= 11 is 0. The molecule has 0 aliphatic heterocycles. The Morgan fingerprint density at radius 3 is 2.74 bits per heavy atom. The first-order chi connectivity index (χ1) is 9.00. The zero-order chi connectivity index (χ0) is 14.0. The van der Waals surface area contributed by atoms with Crippen LogP contribution >= 0.6 is 0 Å². The first kappa shape index (κ1) is 12.9. The molecule has 98 valence electrons. The summed E-state index contributed by atoms with van der Waals surface area (Å²) in [6.45, 7) is 0. The highest BCUT2D eigenvalue weighted by Gasteiger charge is 2.20. The van der Waals surface area contributed by atoms with Gasteiger partial charge in [0, 0.05) is 25.0 Å². The molecule has 0 radical (unpaired) electrons. The topological polar surface area (TPSA) is 53.4 Å². The molecule has 2 aromatic rings. The predicted molar refractivity (Wildman–Crippen MR) is 65.0 cm³/mol. The Morgan fingerprint density at radius 2 is 2.05 bits per heavy atom. The number of phenols is 1. The van der Waals surface area contributed by atoms with Crippen molar-refractivity contribution in [1.29, 1.82) is 0 Å². The Bertz CT molecular complexity index is 632.